The van der Waals surface area contributed by atoms with Crippen molar-refractivity contribution in [2.24, 2.45) is 0 Å². The van der Waals surface area contributed by atoms with Gasteiger partial charge in [0.2, 0.25) is 0 Å². The average Bonchev–Trinajstić information content (AvgIpc) is 2.75. The molecular formula is C22H22N4O3S. The van der Waals surface area contributed by atoms with Crippen molar-refractivity contribution in [1.82, 2.24) is 20.8 Å². The lowest BCUT2D eigenvalue weighted by Gasteiger charge is -2.10. The van der Waals surface area contributed by atoms with Crippen molar-refractivity contribution in [3.8, 4) is 5.75 Å². The van der Waals surface area contributed by atoms with Crippen LogP contribution in [0.25, 0.3) is 0 Å². The Bertz CT molecular complexity index is 1030. The second kappa shape index (κ2) is 9.89. The number of hydrazine groups is 1. The summed E-state index contributed by atoms with van der Waals surface area (Å²) in [5.74, 6) is 0.256. The molecule has 0 radical (unpaired) electrons. The fraction of sp³-hybridized carbons (Fsp3) is 0.182. The lowest BCUT2D eigenvalue weighted by atomic mass is 10.1. The molecular weight excluding hydrogens is 400 g/mol. The Morgan fingerprint density at radius 2 is 1.57 bits per heavy atom. The van der Waals surface area contributed by atoms with Crippen LogP contribution in [-0.4, -0.2) is 28.9 Å². The van der Waals surface area contributed by atoms with Crippen LogP contribution in [0.15, 0.2) is 59.8 Å². The molecule has 2 amide bonds. The monoisotopic (exact) mass is 422 g/mol. The van der Waals surface area contributed by atoms with Gasteiger partial charge in [-0.05, 0) is 49.7 Å². The molecule has 0 unspecified atom stereocenters. The number of hydrogen-bond donors (Lipinski definition) is 2. The largest absolute Gasteiger partial charge is 0.496 e. The lowest BCUT2D eigenvalue weighted by Crippen LogP contribution is -2.41. The Kier molecular flexibility index (Phi) is 7.03. The summed E-state index contributed by atoms with van der Waals surface area (Å²) >= 11 is 1.54. The van der Waals surface area contributed by atoms with E-state index in [4.69, 9.17) is 4.74 Å². The van der Waals surface area contributed by atoms with Crippen LogP contribution in [0.5, 0.6) is 5.75 Å². The molecule has 2 N–H and O–H groups in total. The van der Waals surface area contributed by atoms with Crippen LogP contribution in [-0.2, 0) is 5.75 Å². The summed E-state index contributed by atoms with van der Waals surface area (Å²) < 4.78 is 5.15. The van der Waals surface area contributed by atoms with Gasteiger partial charge in [0.15, 0.2) is 5.16 Å². The van der Waals surface area contributed by atoms with E-state index >= 15 is 0 Å². The van der Waals surface area contributed by atoms with Gasteiger partial charge in [0.25, 0.3) is 11.8 Å². The number of carbonyl (C=O) groups excluding carboxylic acids is 2. The van der Waals surface area contributed by atoms with E-state index < -0.39 is 11.8 Å². The normalized spacial score (nSPS) is 10.4. The van der Waals surface area contributed by atoms with Gasteiger partial charge in [-0.1, -0.05) is 36.0 Å². The molecule has 154 valence electrons. The van der Waals surface area contributed by atoms with Gasteiger partial charge in [-0.2, -0.15) is 0 Å². The summed E-state index contributed by atoms with van der Waals surface area (Å²) in [7, 11) is 1.48. The maximum atomic E-state index is 12.3. The zero-order chi connectivity index (χ0) is 21.5. The first-order valence-electron chi connectivity index (χ1n) is 9.24. The fourth-order valence-electron chi connectivity index (χ4n) is 2.74. The van der Waals surface area contributed by atoms with Crippen molar-refractivity contribution in [2.45, 2.75) is 24.8 Å². The number of thioether (sulfide) groups is 1. The minimum atomic E-state index is -0.456. The predicted octanol–water partition coefficient (Wildman–Crippen LogP) is 3.47. The topological polar surface area (TPSA) is 93.2 Å². The van der Waals surface area contributed by atoms with Gasteiger partial charge in [-0.25, -0.2) is 9.97 Å². The molecule has 30 heavy (non-hydrogen) atoms. The van der Waals surface area contributed by atoms with Crippen molar-refractivity contribution >= 4 is 23.6 Å². The molecule has 0 saturated heterocycles. The Labute approximate surface area is 179 Å². The second-order valence-electron chi connectivity index (χ2n) is 6.53. The highest BCUT2D eigenvalue weighted by molar-refractivity contribution is 7.98. The van der Waals surface area contributed by atoms with Crippen molar-refractivity contribution in [3.63, 3.8) is 0 Å². The molecule has 7 nitrogen and oxygen atoms in total. The highest BCUT2D eigenvalue weighted by Gasteiger charge is 2.13. The van der Waals surface area contributed by atoms with Gasteiger partial charge < -0.3 is 4.74 Å². The third kappa shape index (κ3) is 5.57. The number of nitrogens with zero attached hydrogens (tertiary/aromatic N) is 2. The maximum Gasteiger partial charge on any atom is 0.273 e. The number of carbonyl (C=O) groups is 2. The predicted molar refractivity (Wildman–Crippen MR) is 115 cm³/mol. The zero-order valence-corrected chi connectivity index (χ0v) is 17.7. The van der Waals surface area contributed by atoms with Gasteiger partial charge in [0.05, 0.1) is 12.7 Å². The molecule has 0 aliphatic rings. The van der Waals surface area contributed by atoms with Gasteiger partial charge in [-0.15, -0.1) is 0 Å². The van der Waals surface area contributed by atoms with Gasteiger partial charge in [0, 0.05) is 22.7 Å². The van der Waals surface area contributed by atoms with Crippen LogP contribution in [0, 0.1) is 13.8 Å². The molecule has 0 saturated carbocycles. The van der Waals surface area contributed by atoms with Gasteiger partial charge in [0.1, 0.15) is 5.75 Å². The van der Waals surface area contributed by atoms with E-state index in [2.05, 4.69) is 20.8 Å². The summed E-state index contributed by atoms with van der Waals surface area (Å²) in [6, 6.07) is 15.9. The quantitative estimate of drug-likeness (QED) is 0.359. The number of amides is 2. The van der Waals surface area contributed by atoms with Crippen LogP contribution in [0.1, 0.15) is 37.7 Å². The molecule has 3 aromatic rings. The van der Waals surface area contributed by atoms with Crippen molar-refractivity contribution in [2.75, 3.05) is 7.11 Å². The van der Waals surface area contributed by atoms with Gasteiger partial charge >= 0.3 is 0 Å². The van der Waals surface area contributed by atoms with Crippen LogP contribution in [0.4, 0.5) is 0 Å². The van der Waals surface area contributed by atoms with E-state index in [9.17, 15) is 9.59 Å². The molecule has 0 spiro atoms. The second-order valence-corrected chi connectivity index (χ2v) is 7.47. The SMILES string of the molecule is COc1ccccc1C(=O)NNC(=O)c1ccc(CSc2nc(C)cc(C)n2)cc1. The minimum Gasteiger partial charge on any atom is -0.496 e. The molecule has 1 aromatic heterocycles. The number of aryl methyl sites for hydroxylation is 2. The summed E-state index contributed by atoms with van der Waals surface area (Å²) in [5.41, 5.74) is 8.51. The summed E-state index contributed by atoms with van der Waals surface area (Å²) in [6.45, 7) is 3.89. The highest BCUT2D eigenvalue weighted by atomic mass is 32.2. The third-order valence-corrected chi connectivity index (χ3v) is 5.11. The Morgan fingerprint density at radius 3 is 2.23 bits per heavy atom. The smallest absolute Gasteiger partial charge is 0.273 e. The number of para-hydroxylation sites is 1. The number of methoxy groups -OCH3 is 1. The first-order chi connectivity index (χ1) is 14.5. The van der Waals surface area contributed by atoms with Crippen molar-refractivity contribution < 1.29 is 14.3 Å². The fourth-order valence-corrected chi connectivity index (χ4v) is 3.65. The summed E-state index contributed by atoms with van der Waals surface area (Å²) in [5, 5.41) is 0.730. The van der Waals surface area contributed by atoms with E-state index in [0.717, 1.165) is 22.1 Å². The first kappa shape index (κ1) is 21.3. The van der Waals surface area contributed by atoms with Crippen LogP contribution < -0.4 is 15.6 Å². The summed E-state index contributed by atoms with van der Waals surface area (Å²) in [4.78, 5) is 33.4. The van der Waals surface area contributed by atoms with Crippen LogP contribution >= 0.6 is 11.8 Å². The van der Waals surface area contributed by atoms with E-state index in [1.807, 2.05) is 32.0 Å². The van der Waals surface area contributed by atoms with E-state index in [1.54, 1.807) is 36.4 Å². The number of hydrogen-bond acceptors (Lipinski definition) is 6. The van der Waals surface area contributed by atoms with Crippen molar-refractivity contribution in [1.29, 1.82) is 0 Å². The molecule has 8 heteroatoms. The van der Waals surface area contributed by atoms with Gasteiger partial charge in [-0.3, -0.25) is 20.4 Å². The number of nitrogens with one attached hydrogen (secondary N) is 2. The Balaban J connectivity index is 1.55. The third-order valence-electron chi connectivity index (χ3n) is 4.19. The van der Waals surface area contributed by atoms with E-state index in [0.29, 0.717) is 22.6 Å². The van der Waals surface area contributed by atoms with E-state index in [1.165, 1.54) is 18.9 Å². The first-order valence-corrected chi connectivity index (χ1v) is 10.2. The molecule has 0 aliphatic carbocycles. The average molecular weight is 423 g/mol. The number of rotatable bonds is 6. The number of aromatic nitrogens is 2. The van der Waals surface area contributed by atoms with Crippen LogP contribution in [0.3, 0.4) is 0 Å². The minimum absolute atomic E-state index is 0.335. The Morgan fingerprint density at radius 1 is 0.933 bits per heavy atom. The van der Waals surface area contributed by atoms with Crippen molar-refractivity contribution in [3.05, 3.63) is 82.7 Å². The molecule has 0 bridgehead atoms. The standard InChI is InChI=1S/C22H22N4O3S/c1-14-12-15(2)24-22(23-14)30-13-16-8-10-17(11-9-16)20(27)25-26-21(28)18-6-4-5-7-19(18)29-3/h4-12H,13H2,1-3H3,(H,25,27)(H,26,28). The lowest BCUT2D eigenvalue weighted by molar-refractivity contribution is 0.0845. The molecule has 0 fully saturated rings. The van der Waals surface area contributed by atoms with Crippen LogP contribution in [0.2, 0.25) is 0 Å². The molecule has 3 rings (SSSR count). The maximum absolute atomic E-state index is 12.3. The zero-order valence-electron chi connectivity index (χ0n) is 16.9. The number of benzene rings is 2. The molecule has 2 aromatic carbocycles. The Hall–Kier alpha value is -3.39. The molecule has 1 heterocycles. The highest BCUT2D eigenvalue weighted by Crippen LogP contribution is 2.20. The molecule has 0 atom stereocenters. The number of ether oxygens (including phenoxy) is 1. The molecule has 0 aliphatic heterocycles. The van der Waals surface area contributed by atoms with E-state index in [-0.39, 0.29) is 0 Å². The summed E-state index contributed by atoms with van der Waals surface area (Å²) in [6.07, 6.45) is 0.